The van der Waals surface area contributed by atoms with Gasteiger partial charge in [0, 0.05) is 32.8 Å². The van der Waals surface area contributed by atoms with Crippen LogP contribution in [0.25, 0.3) is 21.5 Å². The number of rotatable bonds is 16. The number of azo groups is 3. The molecule has 0 aliphatic heterocycles. The number of carbonyl (C=O) groups is 1. The number of phenols is 1. The SMILES string of the molecule is Cc1cc(N=Nc2ccc(N=Nc3c(OS(=O)O)cc4ccc(N)cc4c3O)c3cc(S(=O)(=O)O)ccc23)c(OCCC(=O)O)cc1N=Nc1cccc(SOOO)c1. The Morgan fingerprint density at radius 3 is 2.27 bits per heavy atom. The molecule has 0 heterocycles. The van der Waals surface area contributed by atoms with E-state index < -0.39 is 38.1 Å². The van der Waals surface area contributed by atoms with Crippen LogP contribution in [0.15, 0.2) is 131 Å². The van der Waals surface area contributed by atoms with E-state index >= 15 is 0 Å². The van der Waals surface area contributed by atoms with Gasteiger partial charge in [0.25, 0.3) is 10.1 Å². The second-order valence-electron chi connectivity index (χ2n) is 12.1. The van der Waals surface area contributed by atoms with Crippen molar-refractivity contribution in [1.82, 2.24) is 0 Å². The molecule has 0 fully saturated rings. The van der Waals surface area contributed by atoms with Crippen LogP contribution in [0.3, 0.4) is 0 Å². The number of hydrogen-bond donors (Lipinski definition) is 6. The van der Waals surface area contributed by atoms with Gasteiger partial charge in [-0.3, -0.25) is 13.9 Å². The van der Waals surface area contributed by atoms with Gasteiger partial charge in [-0.15, -0.1) is 24.8 Å². The monoisotopic (exact) mass is 863 g/mol. The topological polar surface area (TPSA) is 307 Å². The minimum atomic E-state index is -4.72. The number of hydrogen-bond acceptors (Lipinski definition) is 18. The Labute approximate surface area is 340 Å². The molecular weight excluding hydrogens is 835 g/mol. The molecule has 23 heteroatoms. The maximum Gasteiger partial charge on any atom is 0.357 e. The number of nitrogens with two attached hydrogens (primary N) is 1. The van der Waals surface area contributed by atoms with Crippen molar-refractivity contribution in [3.8, 4) is 17.2 Å². The smallest absolute Gasteiger partial charge is 0.357 e. The number of aliphatic carboxylic acids is 1. The Morgan fingerprint density at radius 2 is 1.54 bits per heavy atom. The van der Waals surface area contributed by atoms with E-state index in [1.807, 2.05) is 0 Å². The molecular formula is C36H29N7O13S3. The van der Waals surface area contributed by atoms with Gasteiger partial charge in [-0.25, -0.2) is 5.26 Å². The summed E-state index contributed by atoms with van der Waals surface area (Å²) in [6.07, 6.45) is -0.335. The molecule has 0 radical (unpaired) electrons. The van der Waals surface area contributed by atoms with Crippen molar-refractivity contribution in [2.45, 2.75) is 23.1 Å². The summed E-state index contributed by atoms with van der Waals surface area (Å²) in [5.74, 6) is -1.79. The van der Waals surface area contributed by atoms with Crippen molar-refractivity contribution in [3.63, 3.8) is 0 Å². The van der Waals surface area contributed by atoms with Crippen LogP contribution in [0.2, 0.25) is 0 Å². The summed E-state index contributed by atoms with van der Waals surface area (Å²) in [6, 6.07) is 22.1. The number of nitrogen functional groups attached to an aromatic ring is 1. The Hall–Kier alpha value is -6.44. The molecule has 0 bridgehead atoms. The first-order valence-electron chi connectivity index (χ1n) is 16.6. The summed E-state index contributed by atoms with van der Waals surface area (Å²) >= 11 is -2.08. The van der Waals surface area contributed by atoms with Gasteiger partial charge in [-0.05, 0) is 84.6 Å². The molecule has 6 aromatic carbocycles. The van der Waals surface area contributed by atoms with Crippen LogP contribution in [0.1, 0.15) is 12.0 Å². The Kier molecular flexibility index (Phi) is 13.2. The standard InChI is InChI=1S/C36H29N7O13S3/c1-19-13-31(32(53-12-11-34(44)45)18-30(19)41-38-22-3-2-4-23(16-22)57-56-55-47)42-39-28-9-10-29(27-17-24(59(50,51)52)7-8-25(27)28)40-43-35-33(54-58(48)49)14-20-5-6-21(37)15-26(20)36(35)46/h2-10,13-18,46-47H,11-12,37H2,1H3,(H,44,45)(H,48,49)(H,50,51,52). The highest BCUT2D eigenvalue weighted by molar-refractivity contribution is 7.94. The zero-order valence-corrected chi connectivity index (χ0v) is 32.5. The highest BCUT2D eigenvalue weighted by Gasteiger charge is 2.19. The highest BCUT2D eigenvalue weighted by Crippen LogP contribution is 2.46. The van der Waals surface area contributed by atoms with Crippen LogP contribution in [0, 0.1) is 6.92 Å². The summed E-state index contributed by atoms with van der Waals surface area (Å²) < 4.78 is 70.5. The van der Waals surface area contributed by atoms with Gasteiger partial charge in [-0.2, -0.15) is 22.9 Å². The lowest BCUT2D eigenvalue weighted by Crippen LogP contribution is -2.04. The maximum atomic E-state index is 12.2. The van der Waals surface area contributed by atoms with Crippen LogP contribution >= 0.6 is 12.0 Å². The fourth-order valence-corrected chi connectivity index (χ4v) is 6.61. The van der Waals surface area contributed by atoms with Gasteiger partial charge in [0.2, 0.25) is 0 Å². The number of fused-ring (bicyclic) bond motifs is 2. The number of benzene rings is 6. The third-order valence-electron chi connectivity index (χ3n) is 8.10. The number of carboxylic acid groups (broad SMARTS) is 1. The number of phenolic OH excluding ortho intramolecular Hbond substituents is 1. The van der Waals surface area contributed by atoms with Gasteiger partial charge in [-0.1, -0.05) is 23.2 Å². The first-order chi connectivity index (χ1) is 28.2. The number of aryl methyl sites for hydroxylation is 1. The lowest BCUT2D eigenvalue weighted by atomic mass is 10.1. The van der Waals surface area contributed by atoms with E-state index in [2.05, 4.69) is 40.1 Å². The molecule has 304 valence electrons. The lowest BCUT2D eigenvalue weighted by Gasteiger charge is -2.11. The predicted molar refractivity (Wildman–Crippen MR) is 214 cm³/mol. The summed E-state index contributed by atoms with van der Waals surface area (Å²) in [4.78, 5) is 11.3. The molecule has 0 saturated carbocycles. The number of aromatic hydroxyl groups is 1. The Bertz CT molecular complexity index is 2820. The number of anilines is 1. The van der Waals surface area contributed by atoms with E-state index in [9.17, 15) is 36.7 Å². The van der Waals surface area contributed by atoms with Crippen molar-refractivity contribution in [2.24, 2.45) is 30.7 Å². The van der Waals surface area contributed by atoms with Gasteiger partial charge in [0.05, 0.1) is 52.7 Å². The molecule has 1 unspecified atom stereocenters. The molecule has 0 amide bonds. The first-order valence-corrected chi connectivity index (χ1v) is 19.8. The van der Waals surface area contributed by atoms with E-state index in [0.717, 1.165) is 24.2 Å². The Balaban J connectivity index is 1.41. The zero-order valence-electron chi connectivity index (χ0n) is 30.1. The second-order valence-corrected chi connectivity index (χ2v) is 14.9. The maximum absolute atomic E-state index is 12.2. The van der Waals surface area contributed by atoms with Crippen LogP contribution < -0.4 is 14.7 Å². The molecule has 1 atom stereocenters. The molecule has 0 aromatic heterocycles. The van der Waals surface area contributed by atoms with Crippen LogP contribution in [0.4, 0.5) is 39.8 Å². The lowest BCUT2D eigenvalue weighted by molar-refractivity contribution is -0.432. The van der Waals surface area contributed by atoms with Crippen molar-refractivity contribution in [1.29, 1.82) is 0 Å². The predicted octanol–water partition coefficient (Wildman–Crippen LogP) is 9.88. The third kappa shape index (κ3) is 10.6. The molecule has 0 saturated heterocycles. The van der Waals surface area contributed by atoms with E-state index in [0.29, 0.717) is 32.9 Å². The molecule has 7 N–H and O–H groups in total. The average Bonchev–Trinajstić information content (AvgIpc) is 3.19. The summed E-state index contributed by atoms with van der Waals surface area (Å²) in [5.41, 5.74) is 7.55. The average molecular weight is 864 g/mol. The molecule has 59 heavy (non-hydrogen) atoms. The largest absolute Gasteiger partial charge is 0.505 e. The summed E-state index contributed by atoms with van der Waals surface area (Å²) in [7, 11) is -4.72. The van der Waals surface area contributed by atoms with Crippen molar-refractivity contribution in [3.05, 3.63) is 96.6 Å². The summed E-state index contributed by atoms with van der Waals surface area (Å²) in [5, 5.41) is 59.0. The van der Waals surface area contributed by atoms with Crippen LogP contribution in [-0.4, -0.2) is 49.8 Å². The number of nitrogens with zero attached hydrogens (tertiary/aromatic N) is 6. The normalized spacial score (nSPS) is 12.6. The molecule has 6 rings (SSSR count). The molecule has 0 aliphatic carbocycles. The summed E-state index contributed by atoms with van der Waals surface area (Å²) in [6.45, 7) is 1.49. The first kappa shape index (κ1) is 42.2. The van der Waals surface area contributed by atoms with Crippen molar-refractivity contribution < 1.29 is 60.3 Å². The molecule has 6 aromatic rings. The minimum Gasteiger partial charge on any atom is -0.505 e. The van der Waals surface area contributed by atoms with E-state index in [1.165, 1.54) is 36.4 Å². The van der Waals surface area contributed by atoms with Gasteiger partial charge in [0.1, 0.15) is 11.4 Å². The molecule has 20 nitrogen and oxygen atoms in total. The second kappa shape index (κ2) is 18.4. The minimum absolute atomic E-state index is 0.00855. The van der Waals surface area contributed by atoms with Gasteiger partial charge < -0.3 is 24.9 Å². The van der Waals surface area contributed by atoms with Crippen LogP contribution in [-0.2, 0) is 35.6 Å². The van der Waals surface area contributed by atoms with E-state index in [1.54, 1.807) is 49.4 Å². The molecule has 0 aliphatic rings. The number of carboxylic acids is 1. The third-order valence-corrected chi connectivity index (χ3v) is 9.85. The quantitative estimate of drug-likeness (QED) is 0.0100. The van der Waals surface area contributed by atoms with Gasteiger partial charge in [0.15, 0.2) is 17.2 Å². The van der Waals surface area contributed by atoms with Gasteiger partial charge >= 0.3 is 17.3 Å². The fourth-order valence-electron chi connectivity index (χ4n) is 5.41. The zero-order chi connectivity index (χ0) is 42.3. The number of ether oxygens (including phenoxy) is 1. The Morgan fingerprint density at radius 1 is 0.814 bits per heavy atom. The van der Waals surface area contributed by atoms with Crippen molar-refractivity contribution >= 4 is 101 Å². The molecule has 0 spiro atoms. The van der Waals surface area contributed by atoms with Crippen molar-refractivity contribution in [2.75, 3.05) is 12.3 Å². The fraction of sp³-hybridized carbons (Fsp3) is 0.0833. The van der Waals surface area contributed by atoms with E-state index in [4.69, 9.17) is 19.9 Å². The van der Waals surface area contributed by atoms with Crippen LogP contribution in [0.5, 0.6) is 17.2 Å². The highest BCUT2D eigenvalue weighted by atomic mass is 32.2. The van der Waals surface area contributed by atoms with E-state index in [-0.39, 0.29) is 63.4 Å².